The molecule has 0 saturated heterocycles. The molecule has 7 heteroatoms. The Morgan fingerprint density at radius 2 is 1.96 bits per heavy atom. The van der Waals surface area contributed by atoms with Gasteiger partial charge in [-0.15, -0.1) is 0 Å². The number of aromatic nitrogens is 2. The molecule has 1 aliphatic carbocycles. The molecule has 0 radical (unpaired) electrons. The van der Waals surface area contributed by atoms with Crippen molar-refractivity contribution in [3.8, 4) is 11.3 Å². The van der Waals surface area contributed by atoms with E-state index < -0.39 is 5.41 Å². The van der Waals surface area contributed by atoms with Gasteiger partial charge >= 0.3 is 0 Å². The molecule has 0 aliphatic heterocycles. The maximum atomic E-state index is 12.5. The number of nitrogens with one attached hydrogen (secondary N) is 1. The van der Waals surface area contributed by atoms with Gasteiger partial charge in [0, 0.05) is 22.7 Å². The third-order valence-electron chi connectivity index (χ3n) is 3.99. The van der Waals surface area contributed by atoms with Crippen LogP contribution in [0.2, 0.25) is 5.02 Å². The fraction of sp³-hybridized carbons (Fsp3) is 0.188. The number of nitrogens with zero attached hydrogens (tertiary/aromatic N) is 2. The van der Waals surface area contributed by atoms with Gasteiger partial charge in [0.25, 0.3) is 0 Å². The van der Waals surface area contributed by atoms with Gasteiger partial charge in [0.1, 0.15) is 6.26 Å². The van der Waals surface area contributed by atoms with Crippen LogP contribution in [0.3, 0.4) is 0 Å². The predicted octanol–water partition coefficient (Wildman–Crippen LogP) is 3.65. The zero-order valence-electron chi connectivity index (χ0n) is 12.0. The molecular formula is C16H12ClN3O3. The first-order valence-corrected chi connectivity index (χ1v) is 7.50. The van der Waals surface area contributed by atoms with Gasteiger partial charge in [-0.1, -0.05) is 21.9 Å². The van der Waals surface area contributed by atoms with E-state index in [0.29, 0.717) is 22.3 Å². The maximum absolute atomic E-state index is 12.5. The Labute approximate surface area is 136 Å². The minimum atomic E-state index is -0.646. The van der Waals surface area contributed by atoms with Gasteiger partial charge in [-0.25, -0.2) is 0 Å². The van der Waals surface area contributed by atoms with Crippen LogP contribution in [0.15, 0.2) is 51.7 Å². The zero-order valence-corrected chi connectivity index (χ0v) is 12.7. The van der Waals surface area contributed by atoms with Crippen molar-refractivity contribution in [3.05, 3.63) is 53.4 Å². The molecule has 1 aliphatic rings. The summed E-state index contributed by atoms with van der Waals surface area (Å²) >= 11 is 5.88. The molecule has 1 amide bonds. The van der Waals surface area contributed by atoms with Gasteiger partial charge in [0.2, 0.25) is 5.91 Å². The fourth-order valence-electron chi connectivity index (χ4n) is 2.49. The number of carbonyl (C=O) groups is 1. The third kappa shape index (κ3) is 2.51. The molecule has 1 aromatic carbocycles. The summed E-state index contributed by atoms with van der Waals surface area (Å²) in [5, 5.41) is 11.2. The second kappa shape index (κ2) is 5.24. The lowest BCUT2D eigenvalue weighted by molar-refractivity contribution is -0.118. The summed E-state index contributed by atoms with van der Waals surface area (Å²) in [6, 6.07) is 10.7. The van der Waals surface area contributed by atoms with Gasteiger partial charge < -0.3 is 14.4 Å². The van der Waals surface area contributed by atoms with Crippen molar-refractivity contribution in [1.29, 1.82) is 0 Å². The first-order valence-electron chi connectivity index (χ1n) is 7.12. The summed E-state index contributed by atoms with van der Waals surface area (Å²) in [5.41, 5.74) is 0.844. The van der Waals surface area contributed by atoms with Crippen molar-refractivity contribution >= 4 is 23.3 Å². The summed E-state index contributed by atoms with van der Waals surface area (Å²) < 4.78 is 10.1. The number of hydrogen-bond donors (Lipinski definition) is 1. The van der Waals surface area contributed by atoms with Crippen molar-refractivity contribution in [1.82, 2.24) is 10.3 Å². The van der Waals surface area contributed by atoms with E-state index in [9.17, 15) is 4.79 Å². The molecule has 1 fully saturated rings. The number of anilines is 1. The van der Waals surface area contributed by atoms with Gasteiger partial charge in [0.15, 0.2) is 11.6 Å². The van der Waals surface area contributed by atoms with Gasteiger partial charge in [-0.3, -0.25) is 4.79 Å². The minimum absolute atomic E-state index is 0.151. The van der Waals surface area contributed by atoms with Gasteiger partial charge in [-0.05, 0) is 37.1 Å². The van der Waals surface area contributed by atoms with Crippen LogP contribution in [0.4, 0.5) is 5.82 Å². The van der Waals surface area contributed by atoms with Crippen molar-refractivity contribution in [2.45, 2.75) is 18.3 Å². The highest BCUT2D eigenvalue weighted by molar-refractivity contribution is 6.30. The summed E-state index contributed by atoms with van der Waals surface area (Å²) in [6.45, 7) is 0. The lowest BCUT2D eigenvalue weighted by Gasteiger charge is -2.09. The molecule has 1 saturated carbocycles. The molecule has 0 spiro atoms. The highest BCUT2D eigenvalue weighted by Crippen LogP contribution is 2.49. The molecular weight excluding hydrogens is 318 g/mol. The molecule has 2 aromatic heterocycles. The number of rotatable bonds is 4. The fourth-order valence-corrected chi connectivity index (χ4v) is 2.61. The van der Waals surface area contributed by atoms with E-state index in [4.69, 9.17) is 20.6 Å². The normalized spacial score (nSPS) is 15.3. The first-order chi connectivity index (χ1) is 11.2. The Morgan fingerprint density at radius 3 is 2.61 bits per heavy atom. The van der Waals surface area contributed by atoms with Crippen LogP contribution in [-0.4, -0.2) is 16.2 Å². The van der Waals surface area contributed by atoms with Gasteiger partial charge in [-0.2, -0.15) is 0 Å². The monoisotopic (exact) mass is 329 g/mol. The highest BCUT2D eigenvalue weighted by Gasteiger charge is 2.54. The summed E-state index contributed by atoms with van der Waals surface area (Å²) in [4.78, 5) is 12.5. The molecule has 0 bridgehead atoms. The number of carbonyl (C=O) groups excluding carboxylic acids is 1. The lowest BCUT2D eigenvalue weighted by atomic mass is 10.0. The van der Waals surface area contributed by atoms with Crippen LogP contribution in [-0.2, 0) is 10.2 Å². The van der Waals surface area contributed by atoms with Crippen LogP contribution in [0.5, 0.6) is 0 Å². The Hall–Kier alpha value is -2.60. The second-order valence-corrected chi connectivity index (χ2v) is 5.94. The molecule has 0 atom stereocenters. The maximum Gasteiger partial charge on any atom is 0.238 e. The SMILES string of the molecule is O=C(Nc1ccon1)C1(c2cc(-c3ccc(Cl)cc3)on2)CC1. The molecule has 6 nitrogen and oxygen atoms in total. The average molecular weight is 330 g/mol. The number of halogens is 1. The minimum Gasteiger partial charge on any atom is -0.363 e. The van der Waals surface area contributed by atoms with E-state index in [1.807, 2.05) is 12.1 Å². The molecule has 2 heterocycles. The quantitative estimate of drug-likeness (QED) is 0.790. The Kier molecular flexibility index (Phi) is 3.20. The van der Waals surface area contributed by atoms with E-state index in [2.05, 4.69) is 15.6 Å². The van der Waals surface area contributed by atoms with Crippen molar-refractivity contribution < 1.29 is 13.8 Å². The Bertz CT molecular complexity index is 836. The van der Waals surface area contributed by atoms with Crippen molar-refractivity contribution in [2.24, 2.45) is 0 Å². The molecule has 3 aromatic rings. The van der Waals surface area contributed by atoms with Crippen LogP contribution in [0.1, 0.15) is 18.5 Å². The van der Waals surface area contributed by atoms with Crippen LogP contribution >= 0.6 is 11.6 Å². The van der Waals surface area contributed by atoms with Crippen LogP contribution in [0.25, 0.3) is 11.3 Å². The molecule has 116 valence electrons. The van der Waals surface area contributed by atoms with Crippen LogP contribution in [0, 0.1) is 0 Å². The zero-order chi connectivity index (χ0) is 15.9. The van der Waals surface area contributed by atoms with Gasteiger partial charge in [0.05, 0.1) is 11.1 Å². The topological polar surface area (TPSA) is 81.2 Å². The standard InChI is InChI=1S/C16H12ClN3O3/c17-11-3-1-10(2-4-11)12-9-13(19-23-12)16(6-7-16)15(21)18-14-5-8-22-20-14/h1-5,8-9H,6-7H2,(H,18,20,21). The van der Waals surface area contributed by atoms with Crippen LogP contribution < -0.4 is 5.32 Å². The molecule has 0 unspecified atom stereocenters. The number of benzene rings is 1. The Morgan fingerprint density at radius 1 is 1.17 bits per heavy atom. The summed E-state index contributed by atoms with van der Waals surface area (Å²) in [6.07, 6.45) is 2.86. The van der Waals surface area contributed by atoms with E-state index >= 15 is 0 Å². The largest absolute Gasteiger partial charge is 0.363 e. The summed E-state index contributed by atoms with van der Waals surface area (Å²) in [5.74, 6) is 0.849. The number of hydrogen-bond acceptors (Lipinski definition) is 5. The predicted molar refractivity (Wildman–Crippen MR) is 83.0 cm³/mol. The number of amides is 1. The smallest absolute Gasteiger partial charge is 0.238 e. The summed E-state index contributed by atoms with van der Waals surface area (Å²) in [7, 11) is 0. The first kappa shape index (κ1) is 14.0. The second-order valence-electron chi connectivity index (χ2n) is 5.50. The van der Waals surface area contributed by atoms with Crippen molar-refractivity contribution in [2.75, 3.05) is 5.32 Å². The van der Waals surface area contributed by atoms with E-state index in [1.54, 1.807) is 24.3 Å². The molecule has 4 rings (SSSR count). The molecule has 23 heavy (non-hydrogen) atoms. The van der Waals surface area contributed by atoms with E-state index in [0.717, 1.165) is 18.4 Å². The Balaban J connectivity index is 1.58. The van der Waals surface area contributed by atoms with E-state index in [1.165, 1.54) is 6.26 Å². The highest BCUT2D eigenvalue weighted by atomic mass is 35.5. The lowest BCUT2D eigenvalue weighted by Crippen LogP contribution is -2.28. The van der Waals surface area contributed by atoms with E-state index in [-0.39, 0.29) is 5.91 Å². The van der Waals surface area contributed by atoms with Crippen molar-refractivity contribution in [3.63, 3.8) is 0 Å². The molecule has 1 N–H and O–H groups in total. The third-order valence-corrected chi connectivity index (χ3v) is 4.25. The average Bonchev–Trinajstić information content (AvgIpc) is 2.98.